The highest BCUT2D eigenvalue weighted by atomic mass is 16.2. The third-order valence-electron chi connectivity index (χ3n) is 17.4. The number of allylic oxidation sites excluding steroid dienone is 4. The molecule has 2 amide bonds. The first-order valence-electron chi connectivity index (χ1n) is 20.7. The number of nitrogens with one attached hydrogen (secondary N) is 2. The van der Waals surface area contributed by atoms with Gasteiger partial charge in [0.1, 0.15) is 0 Å². The second-order valence-corrected chi connectivity index (χ2v) is 19.2. The standard InChI is InChI=1S/2C21H30N4O/c1-20-10-8-19(26)22-13-14(20)3-4-15-16-5-6-18(25-12-11-23-24-25)21(16,2)9-7-17(15)20;1-20-9-10-22-19(26)13-14(20)3-4-15-16-5-6-18(25-12-11-23-24-25)21(16,2)8-7-17(15)20/h2*6,11-12,14-17H,3-5,7-10,13H2,1-2H3,(H,22,26)/t2*14-,15-,16-,17-,20-,21-/m00/s1. The Morgan fingerprint density at radius 3 is 1.75 bits per heavy atom. The molecule has 10 nitrogen and oxygen atoms in total. The first-order chi connectivity index (χ1) is 25.0. The molecule has 2 aliphatic heterocycles. The maximum absolute atomic E-state index is 12.1. The number of nitrogens with zero attached hydrogens (tertiary/aromatic N) is 6. The summed E-state index contributed by atoms with van der Waals surface area (Å²) in [5.41, 5.74) is 3.80. The van der Waals surface area contributed by atoms with Crippen molar-refractivity contribution in [3.05, 3.63) is 36.9 Å². The minimum Gasteiger partial charge on any atom is -0.356 e. The molecule has 0 radical (unpaired) electrons. The van der Waals surface area contributed by atoms with Crippen molar-refractivity contribution in [2.75, 3.05) is 13.1 Å². The summed E-state index contributed by atoms with van der Waals surface area (Å²) in [5.74, 6) is 6.26. The summed E-state index contributed by atoms with van der Waals surface area (Å²) < 4.78 is 4.00. The van der Waals surface area contributed by atoms with E-state index in [1.807, 2.05) is 21.8 Å². The molecule has 4 saturated carbocycles. The van der Waals surface area contributed by atoms with Crippen LogP contribution in [0, 0.1) is 69.0 Å². The van der Waals surface area contributed by atoms with Crippen LogP contribution in [0.5, 0.6) is 0 Å². The predicted molar refractivity (Wildman–Crippen MR) is 200 cm³/mol. The second kappa shape index (κ2) is 12.6. The SMILES string of the molecule is C[C@]12CCC(=O)NC[C@@H]1CC[C@@H]1[C@@H]2CC[C@]2(C)C(n3ccnn3)=CC[C@@H]12.C[C@]12CCNC(=O)C[C@@H]1CC[C@@H]1[C@@H]2CC[C@]2(C)C(n3ccnn3)=CC[C@@H]12. The molecule has 10 rings (SSSR count). The second-order valence-electron chi connectivity index (χ2n) is 19.2. The van der Waals surface area contributed by atoms with E-state index in [1.165, 1.54) is 75.6 Å². The van der Waals surface area contributed by atoms with Crippen molar-refractivity contribution in [2.24, 2.45) is 69.0 Å². The Balaban J connectivity index is 0.000000138. The Morgan fingerprint density at radius 1 is 0.635 bits per heavy atom. The van der Waals surface area contributed by atoms with Gasteiger partial charge >= 0.3 is 0 Å². The summed E-state index contributed by atoms with van der Waals surface area (Å²) in [7, 11) is 0. The molecule has 10 heteroatoms. The number of amides is 2. The fourth-order valence-electron chi connectivity index (χ4n) is 14.5. The van der Waals surface area contributed by atoms with Gasteiger partial charge in [-0.25, -0.2) is 9.36 Å². The van der Waals surface area contributed by atoms with Gasteiger partial charge in [-0.1, -0.05) is 50.3 Å². The lowest BCUT2D eigenvalue weighted by molar-refractivity contribution is -0.124. The lowest BCUT2D eigenvalue weighted by atomic mass is 9.46. The van der Waals surface area contributed by atoms with Crippen LogP contribution in [0.1, 0.15) is 118 Å². The van der Waals surface area contributed by atoms with Gasteiger partial charge < -0.3 is 10.6 Å². The first-order valence-corrected chi connectivity index (χ1v) is 20.7. The first kappa shape index (κ1) is 34.5. The number of hydrogen-bond acceptors (Lipinski definition) is 6. The minimum atomic E-state index is 0.219. The van der Waals surface area contributed by atoms with Crippen LogP contribution in [0.2, 0.25) is 0 Å². The average Bonchev–Trinajstić information content (AvgIpc) is 3.93. The van der Waals surface area contributed by atoms with Gasteiger partial charge in [-0.15, -0.1) is 10.2 Å². The highest BCUT2D eigenvalue weighted by molar-refractivity contribution is 5.77. The van der Waals surface area contributed by atoms with Crippen LogP contribution in [0.4, 0.5) is 0 Å². The van der Waals surface area contributed by atoms with Crippen molar-refractivity contribution in [1.29, 1.82) is 0 Å². The van der Waals surface area contributed by atoms with Crippen molar-refractivity contribution in [2.45, 2.75) is 118 Å². The van der Waals surface area contributed by atoms with Crippen LogP contribution < -0.4 is 10.6 Å². The molecule has 0 bridgehead atoms. The smallest absolute Gasteiger partial charge is 0.220 e. The van der Waals surface area contributed by atoms with Crippen LogP contribution in [0.3, 0.4) is 0 Å². The lowest BCUT2D eigenvalue weighted by Gasteiger charge is -2.58. The molecule has 6 fully saturated rings. The summed E-state index contributed by atoms with van der Waals surface area (Å²) in [6.45, 7) is 11.7. The molecule has 2 aromatic rings. The molecular formula is C42H60N8O2. The number of rotatable bonds is 2. The van der Waals surface area contributed by atoms with Crippen LogP contribution in [-0.4, -0.2) is 54.9 Å². The van der Waals surface area contributed by atoms with Crippen molar-refractivity contribution in [1.82, 2.24) is 40.6 Å². The summed E-state index contributed by atoms with van der Waals surface area (Å²) in [6, 6.07) is 0. The molecule has 2 aromatic heterocycles. The number of fused-ring (bicyclic) bond motifs is 10. The molecule has 0 spiro atoms. The van der Waals surface area contributed by atoms with Crippen LogP contribution in [-0.2, 0) is 9.59 Å². The summed E-state index contributed by atoms with van der Waals surface area (Å²) in [4.78, 5) is 24.1. The molecule has 8 aliphatic rings. The number of carbonyl (C=O) groups excluding carboxylic acids is 2. The van der Waals surface area contributed by atoms with Gasteiger partial charge in [0.2, 0.25) is 11.8 Å². The fourth-order valence-corrected chi connectivity index (χ4v) is 14.5. The molecule has 4 heterocycles. The normalized spacial score (nSPS) is 45.0. The van der Waals surface area contributed by atoms with E-state index < -0.39 is 0 Å². The Hall–Kier alpha value is -3.30. The molecule has 280 valence electrons. The highest BCUT2D eigenvalue weighted by Gasteiger charge is 2.60. The van der Waals surface area contributed by atoms with E-state index in [2.05, 4.69) is 71.1 Å². The summed E-state index contributed by atoms with van der Waals surface area (Å²) >= 11 is 0. The molecule has 12 atom stereocenters. The maximum atomic E-state index is 12.1. The third kappa shape index (κ3) is 5.22. The molecule has 2 N–H and O–H groups in total. The highest BCUT2D eigenvalue weighted by Crippen LogP contribution is 2.67. The Labute approximate surface area is 309 Å². The fraction of sp³-hybridized carbons (Fsp3) is 0.762. The van der Waals surface area contributed by atoms with Crippen molar-refractivity contribution >= 4 is 23.2 Å². The zero-order valence-electron chi connectivity index (χ0n) is 31.9. The van der Waals surface area contributed by atoms with Crippen LogP contribution in [0.25, 0.3) is 11.4 Å². The Bertz CT molecular complexity index is 1650. The van der Waals surface area contributed by atoms with Gasteiger partial charge in [0.15, 0.2) is 0 Å². The number of aromatic nitrogens is 6. The topological polar surface area (TPSA) is 120 Å². The lowest BCUT2D eigenvalue weighted by Crippen LogP contribution is -2.52. The number of carbonyl (C=O) groups is 2. The van der Waals surface area contributed by atoms with E-state index in [1.54, 1.807) is 12.4 Å². The quantitative estimate of drug-likeness (QED) is 0.347. The van der Waals surface area contributed by atoms with Gasteiger partial charge in [-0.05, 0) is 135 Å². The molecule has 0 aromatic carbocycles. The minimum absolute atomic E-state index is 0.219. The van der Waals surface area contributed by atoms with Crippen LogP contribution >= 0.6 is 0 Å². The van der Waals surface area contributed by atoms with E-state index in [4.69, 9.17) is 0 Å². The monoisotopic (exact) mass is 708 g/mol. The van der Waals surface area contributed by atoms with E-state index in [0.29, 0.717) is 40.9 Å². The maximum Gasteiger partial charge on any atom is 0.220 e. The molecule has 52 heavy (non-hydrogen) atoms. The largest absolute Gasteiger partial charge is 0.356 e. The van der Waals surface area contributed by atoms with Gasteiger partial charge in [0.25, 0.3) is 0 Å². The van der Waals surface area contributed by atoms with Crippen molar-refractivity contribution in [3.8, 4) is 0 Å². The van der Waals surface area contributed by atoms with Crippen molar-refractivity contribution < 1.29 is 9.59 Å². The van der Waals surface area contributed by atoms with E-state index in [-0.39, 0.29) is 22.6 Å². The zero-order chi connectivity index (χ0) is 35.9. The van der Waals surface area contributed by atoms with Gasteiger partial charge in [-0.2, -0.15) is 0 Å². The van der Waals surface area contributed by atoms with Gasteiger partial charge in [-0.3, -0.25) is 9.59 Å². The summed E-state index contributed by atoms with van der Waals surface area (Å²) in [5, 5.41) is 23.0. The third-order valence-corrected chi connectivity index (χ3v) is 17.4. The number of hydrogen-bond donors (Lipinski definition) is 2. The van der Waals surface area contributed by atoms with Gasteiger partial charge in [0.05, 0.1) is 24.8 Å². The Morgan fingerprint density at radius 2 is 1.19 bits per heavy atom. The molecule has 2 saturated heterocycles. The molecule has 6 aliphatic carbocycles. The van der Waals surface area contributed by atoms with Crippen molar-refractivity contribution in [3.63, 3.8) is 0 Å². The van der Waals surface area contributed by atoms with E-state index in [9.17, 15) is 9.59 Å². The van der Waals surface area contributed by atoms with E-state index >= 15 is 0 Å². The van der Waals surface area contributed by atoms with Crippen LogP contribution in [0.15, 0.2) is 36.9 Å². The van der Waals surface area contributed by atoms with E-state index in [0.717, 1.165) is 56.0 Å². The summed E-state index contributed by atoms with van der Waals surface area (Å²) in [6.07, 6.45) is 28.5. The average molecular weight is 709 g/mol. The Kier molecular flexibility index (Phi) is 8.38. The molecule has 0 unspecified atom stereocenters. The molecular weight excluding hydrogens is 649 g/mol. The zero-order valence-corrected chi connectivity index (χ0v) is 31.9. The van der Waals surface area contributed by atoms with Gasteiger partial charge in [0, 0.05) is 48.2 Å². The predicted octanol–water partition coefficient (Wildman–Crippen LogP) is 7.00.